The average Bonchev–Trinajstić information content (AvgIpc) is 2.18. The minimum atomic E-state index is -0.660. The van der Waals surface area contributed by atoms with Crippen LogP contribution in [-0.2, 0) is 4.79 Å². The Labute approximate surface area is 78.0 Å². The van der Waals surface area contributed by atoms with Crippen molar-refractivity contribution < 1.29 is 9.90 Å². The molecule has 13 heavy (non-hydrogen) atoms. The first kappa shape index (κ1) is 8.75. The second-order valence-corrected chi connectivity index (χ2v) is 4.03. The van der Waals surface area contributed by atoms with Gasteiger partial charge in [-0.3, -0.25) is 9.69 Å². The summed E-state index contributed by atoms with van der Waals surface area (Å²) in [5, 5.41) is 8.95. The van der Waals surface area contributed by atoms with Crippen molar-refractivity contribution in [2.75, 3.05) is 13.1 Å². The molecule has 0 saturated carbocycles. The van der Waals surface area contributed by atoms with Crippen molar-refractivity contribution in [3.05, 3.63) is 12.7 Å². The van der Waals surface area contributed by atoms with Crippen molar-refractivity contribution in [2.24, 2.45) is 11.8 Å². The molecule has 1 N–H and O–H groups in total. The van der Waals surface area contributed by atoms with Crippen molar-refractivity contribution in [1.82, 2.24) is 4.90 Å². The van der Waals surface area contributed by atoms with E-state index < -0.39 is 5.97 Å². The molecule has 3 rings (SSSR count). The maximum absolute atomic E-state index is 10.9. The minimum absolute atomic E-state index is 0.227. The number of aliphatic carboxylic acids is 1. The summed E-state index contributed by atoms with van der Waals surface area (Å²) in [6, 6.07) is -0.227. The van der Waals surface area contributed by atoms with Gasteiger partial charge in [0.1, 0.15) is 6.04 Å². The SMILES string of the molecule is C=CC1CN2CCC1CC2C(=O)O. The van der Waals surface area contributed by atoms with Gasteiger partial charge >= 0.3 is 5.97 Å². The molecule has 3 aliphatic heterocycles. The van der Waals surface area contributed by atoms with Gasteiger partial charge in [-0.15, -0.1) is 6.58 Å². The number of hydrogen-bond acceptors (Lipinski definition) is 2. The molecule has 0 aromatic rings. The molecule has 2 bridgehead atoms. The fourth-order valence-electron chi connectivity index (χ4n) is 2.59. The smallest absolute Gasteiger partial charge is 0.320 e. The quantitative estimate of drug-likeness (QED) is 0.645. The number of nitrogens with zero attached hydrogens (tertiary/aromatic N) is 1. The second kappa shape index (κ2) is 3.14. The topological polar surface area (TPSA) is 40.5 Å². The minimum Gasteiger partial charge on any atom is -0.480 e. The van der Waals surface area contributed by atoms with Gasteiger partial charge in [0, 0.05) is 6.54 Å². The summed E-state index contributed by atoms with van der Waals surface area (Å²) in [6.45, 7) is 5.64. The zero-order valence-corrected chi connectivity index (χ0v) is 7.65. The summed E-state index contributed by atoms with van der Waals surface area (Å²) in [7, 11) is 0. The highest BCUT2D eigenvalue weighted by molar-refractivity contribution is 5.73. The third-order valence-corrected chi connectivity index (χ3v) is 3.39. The monoisotopic (exact) mass is 181 g/mol. The van der Waals surface area contributed by atoms with Crippen LogP contribution in [0.5, 0.6) is 0 Å². The number of fused-ring (bicyclic) bond motifs is 3. The molecule has 3 heterocycles. The van der Waals surface area contributed by atoms with E-state index in [1.807, 2.05) is 6.08 Å². The normalized spacial score (nSPS) is 43.1. The van der Waals surface area contributed by atoms with Gasteiger partial charge in [0.05, 0.1) is 0 Å². The molecule has 0 spiro atoms. The zero-order valence-electron chi connectivity index (χ0n) is 7.65. The molecular weight excluding hydrogens is 166 g/mol. The fourth-order valence-corrected chi connectivity index (χ4v) is 2.59. The van der Waals surface area contributed by atoms with Crippen LogP contribution in [0.1, 0.15) is 12.8 Å². The lowest BCUT2D eigenvalue weighted by atomic mass is 9.76. The highest BCUT2D eigenvalue weighted by Crippen LogP contribution is 2.36. The molecule has 4 unspecified atom stereocenters. The first-order chi connectivity index (χ1) is 6.22. The Balaban J connectivity index is 2.11. The Morgan fingerprint density at radius 2 is 2.38 bits per heavy atom. The zero-order chi connectivity index (χ0) is 9.42. The van der Waals surface area contributed by atoms with Gasteiger partial charge in [-0.2, -0.15) is 0 Å². The maximum Gasteiger partial charge on any atom is 0.320 e. The Bertz CT molecular complexity index is 239. The number of carboxylic acids is 1. The van der Waals surface area contributed by atoms with Crippen LogP contribution in [0.4, 0.5) is 0 Å². The van der Waals surface area contributed by atoms with Crippen molar-refractivity contribution in [3.8, 4) is 0 Å². The van der Waals surface area contributed by atoms with Gasteiger partial charge in [0.25, 0.3) is 0 Å². The van der Waals surface area contributed by atoms with E-state index in [4.69, 9.17) is 5.11 Å². The summed E-state index contributed by atoms with van der Waals surface area (Å²) < 4.78 is 0. The van der Waals surface area contributed by atoms with Gasteiger partial charge < -0.3 is 5.11 Å². The standard InChI is InChI=1S/C10H15NO2/c1-2-7-6-11-4-3-8(7)5-9(11)10(12)13/h2,7-9H,1,3-6H2,(H,12,13). The second-order valence-electron chi connectivity index (χ2n) is 4.03. The lowest BCUT2D eigenvalue weighted by molar-refractivity contribution is -0.148. The van der Waals surface area contributed by atoms with Gasteiger partial charge in [0.2, 0.25) is 0 Å². The average molecular weight is 181 g/mol. The Hall–Kier alpha value is -0.830. The Morgan fingerprint density at radius 3 is 2.85 bits per heavy atom. The van der Waals surface area contributed by atoms with Gasteiger partial charge in [-0.1, -0.05) is 6.08 Å². The summed E-state index contributed by atoms with van der Waals surface area (Å²) in [4.78, 5) is 12.9. The van der Waals surface area contributed by atoms with E-state index in [1.165, 1.54) is 0 Å². The van der Waals surface area contributed by atoms with Crippen molar-refractivity contribution in [2.45, 2.75) is 18.9 Å². The molecule has 0 radical (unpaired) electrons. The summed E-state index contributed by atoms with van der Waals surface area (Å²) in [6.07, 6.45) is 3.93. The molecule has 3 aliphatic rings. The van der Waals surface area contributed by atoms with Crippen LogP contribution < -0.4 is 0 Å². The van der Waals surface area contributed by atoms with Crippen LogP contribution in [-0.4, -0.2) is 35.1 Å². The predicted molar refractivity (Wildman–Crippen MR) is 49.4 cm³/mol. The highest BCUT2D eigenvalue weighted by atomic mass is 16.4. The summed E-state index contributed by atoms with van der Waals surface area (Å²) in [5.41, 5.74) is 0. The van der Waals surface area contributed by atoms with Gasteiger partial charge in [-0.25, -0.2) is 0 Å². The van der Waals surface area contributed by atoms with Crippen LogP contribution in [0.2, 0.25) is 0 Å². The lowest BCUT2D eigenvalue weighted by Crippen LogP contribution is -2.55. The van der Waals surface area contributed by atoms with E-state index in [0.717, 1.165) is 25.9 Å². The molecule has 3 saturated heterocycles. The van der Waals surface area contributed by atoms with Crippen molar-refractivity contribution >= 4 is 5.97 Å². The van der Waals surface area contributed by atoms with Crippen LogP contribution in [0.25, 0.3) is 0 Å². The third kappa shape index (κ3) is 1.37. The Kier molecular flexibility index (Phi) is 2.12. The van der Waals surface area contributed by atoms with E-state index in [0.29, 0.717) is 11.8 Å². The van der Waals surface area contributed by atoms with E-state index in [-0.39, 0.29) is 6.04 Å². The molecule has 3 heteroatoms. The van der Waals surface area contributed by atoms with Crippen LogP contribution >= 0.6 is 0 Å². The lowest BCUT2D eigenvalue weighted by Gasteiger charge is -2.47. The predicted octanol–water partition coefficient (Wildman–Crippen LogP) is 0.967. The molecule has 0 amide bonds. The molecule has 0 aromatic heterocycles. The third-order valence-electron chi connectivity index (χ3n) is 3.39. The highest BCUT2D eigenvalue weighted by Gasteiger charge is 2.41. The fraction of sp³-hybridized carbons (Fsp3) is 0.700. The van der Waals surface area contributed by atoms with Crippen molar-refractivity contribution in [3.63, 3.8) is 0 Å². The number of piperidine rings is 3. The van der Waals surface area contributed by atoms with E-state index in [2.05, 4.69) is 11.5 Å². The number of carboxylic acid groups (broad SMARTS) is 1. The molecule has 0 aromatic carbocycles. The van der Waals surface area contributed by atoms with Crippen LogP contribution in [0.15, 0.2) is 12.7 Å². The molecule has 72 valence electrons. The summed E-state index contributed by atoms with van der Waals surface area (Å²) >= 11 is 0. The number of carbonyl (C=O) groups is 1. The first-order valence-electron chi connectivity index (χ1n) is 4.81. The van der Waals surface area contributed by atoms with Crippen LogP contribution in [0.3, 0.4) is 0 Å². The first-order valence-corrected chi connectivity index (χ1v) is 4.81. The van der Waals surface area contributed by atoms with E-state index in [1.54, 1.807) is 0 Å². The molecule has 0 aliphatic carbocycles. The number of hydrogen-bond donors (Lipinski definition) is 1. The van der Waals surface area contributed by atoms with E-state index in [9.17, 15) is 4.79 Å². The van der Waals surface area contributed by atoms with E-state index >= 15 is 0 Å². The van der Waals surface area contributed by atoms with Gasteiger partial charge in [-0.05, 0) is 31.2 Å². The number of rotatable bonds is 2. The largest absolute Gasteiger partial charge is 0.480 e. The van der Waals surface area contributed by atoms with Crippen molar-refractivity contribution in [1.29, 1.82) is 0 Å². The maximum atomic E-state index is 10.9. The molecule has 4 atom stereocenters. The molecule has 3 fully saturated rings. The summed E-state index contributed by atoms with van der Waals surface area (Å²) in [5.74, 6) is 0.417. The molecular formula is C10H15NO2. The van der Waals surface area contributed by atoms with Crippen LogP contribution in [0, 0.1) is 11.8 Å². The Morgan fingerprint density at radius 1 is 1.62 bits per heavy atom. The molecule has 3 nitrogen and oxygen atoms in total. The van der Waals surface area contributed by atoms with Gasteiger partial charge in [0.15, 0.2) is 0 Å².